The van der Waals surface area contributed by atoms with Crippen molar-refractivity contribution in [1.82, 2.24) is 4.90 Å². The number of azide groups is 1. The first-order valence-electron chi connectivity index (χ1n) is 6.17. The van der Waals surface area contributed by atoms with Gasteiger partial charge in [-0.2, -0.15) is 0 Å². The zero-order chi connectivity index (χ0) is 15.0. The van der Waals surface area contributed by atoms with Crippen molar-refractivity contribution in [2.24, 2.45) is 5.11 Å². The molecule has 0 aromatic heterocycles. The van der Waals surface area contributed by atoms with E-state index < -0.39 is 10.0 Å². The molecule has 0 aliphatic rings. The van der Waals surface area contributed by atoms with Crippen LogP contribution in [-0.2, 0) is 16.4 Å². The maximum atomic E-state index is 11.1. The Hall–Kier alpha value is -1.76. The Morgan fingerprint density at radius 2 is 1.95 bits per heavy atom. The van der Waals surface area contributed by atoms with Crippen LogP contribution in [0.15, 0.2) is 29.4 Å². The molecule has 0 atom stereocenters. The molecule has 0 spiro atoms. The summed E-state index contributed by atoms with van der Waals surface area (Å²) < 4.78 is 24.6. The van der Waals surface area contributed by atoms with Gasteiger partial charge >= 0.3 is 0 Å². The number of sulfonamides is 1. The molecule has 0 saturated heterocycles. The fourth-order valence-corrected chi connectivity index (χ4v) is 2.21. The number of anilines is 1. The minimum atomic E-state index is -3.23. The maximum Gasteiger partial charge on any atom is 0.229 e. The topological polar surface area (TPSA) is 98.2 Å². The Morgan fingerprint density at radius 1 is 1.30 bits per heavy atom. The highest BCUT2D eigenvalue weighted by molar-refractivity contribution is 7.92. The molecule has 20 heavy (non-hydrogen) atoms. The van der Waals surface area contributed by atoms with E-state index in [4.69, 9.17) is 5.53 Å². The normalized spacial score (nSPS) is 11.2. The van der Waals surface area contributed by atoms with Crippen molar-refractivity contribution < 1.29 is 8.42 Å². The number of likely N-dealkylation sites (N-methyl/N-ethyl adjacent to an activating group) is 1. The molecule has 8 heteroatoms. The van der Waals surface area contributed by atoms with Gasteiger partial charge in [0.05, 0.1) is 6.26 Å². The lowest BCUT2D eigenvalue weighted by molar-refractivity contribution is 0.348. The average Bonchev–Trinajstić information content (AvgIpc) is 2.36. The van der Waals surface area contributed by atoms with Crippen LogP contribution in [0.1, 0.15) is 5.56 Å². The first kappa shape index (κ1) is 16.3. The summed E-state index contributed by atoms with van der Waals surface area (Å²) in [5, 5.41) is 3.49. The van der Waals surface area contributed by atoms with E-state index in [9.17, 15) is 8.42 Å². The molecule has 110 valence electrons. The lowest BCUT2D eigenvalue weighted by Gasteiger charge is -2.15. The first-order chi connectivity index (χ1) is 9.40. The minimum Gasteiger partial charge on any atom is -0.306 e. The summed E-state index contributed by atoms with van der Waals surface area (Å²) in [7, 11) is -1.26. The molecule has 0 unspecified atom stereocenters. The van der Waals surface area contributed by atoms with E-state index in [1.165, 1.54) is 0 Å². The third-order valence-electron chi connectivity index (χ3n) is 2.68. The van der Waals surface area contributed by atoms with Gasteiger partial charge < -0.3 is 4.90 Å². The lowest BCUT2D eigenvalue weighted by Crippen LogP contribution is -2.24. The molecular weight excluding hydrogens is 278 g/mol. The molecule has 0 aliphatic carbocycles. The molecule has 0 fully saturated rings. The third-order valence-corrected chi connectivity index (χ3v) is 3.29. The zero-order valence-corrected chi connectivity index (χ0v) is 12.5. The number of rotatable bonds is 8. The highest BCUT2D eigenvalue weighted by atomic mass is 32.2. The quantitative estimate of drug-likeness (QED) is 0.450. The van der Waals surface area contributed by atoms with Gasteiger partial charge in [-0.15, -0.1) is 0 Å². The number of hydrogen-bond donors (Lipinski definition) is 1. The van der Waals surface area contributed by atoms with Crippen molar-refractivity contribution in [2.75, 3.05) is 37.7 Å². The Morgan fingerprint density at radius 3 is 2.50 bits per heavy atom. The van der Waals surface area contributed by atoms with Gasteiger partial charge in [-0.3, -0.25) is 4.72 Å². The van der Waals surface area contributed by atoms with E-state index in [1.54, 1.807) is 12.1 Å². The fraction of sp³-hybridized carbons (Fsp3) is 0.500. The summed E-state index contributed by atoms with van der Waals surface area (Å²) in [6.07, 6.45) is 1.98. The Labute approximate surface area is 119 Å². The molecule has 7 nitrogen and oxygen atoms in total. The van der Waals surface area contributed by atoms with Crippen LogP contribution < -0.4 is 4.72 Å². The molecule has 0 bridgehead atoms. The van der Waals surface area contributed by atoms with Gasteiger partial charge in [0.25, 0.3) is 0 Å². The summed E-state index contributed by atoms with van der Waals surface area (Å²) in [4.78, 5) is 4.79. The second kappa shape index (κ2) is 7.74. The van der Waals surface area contributed by atoms with E-state index >= 15 is 0 Å². The van der Waals surface area contributed by atoms with Gasteiger partial charge in [-0.25, -0.2) is 8.42 Å². The van der Waals surface area contributed by atoms with Gasteiger partial charge in [0.15, 0.2) is 0 Å². The second-order valence-electron chi connectivity index (χ2n) is 4.58. The van der Waals surface area contributed by atoms with E-state index in [-0.39, 0.29) is 0 Å². The van der Waals surface area contributed by atoms with Crippen molar-refractivity contribution in [3.8, 4) is 0 Å². The van der Waals surface area contributed by atoms with Crippen LogP contribution in [0.5, 0.6) is 0 Å². The van der Waals surface area contributed by atoms with Crippen molar-refractivity contribution in [2.45, 2.75) is 6.42 Å². The van der Waals surface area contributed by atoms with Crippen LogP contribution in [0.25, 0.3) is 10.4 Å². The maximum absolute atomic E-state index is 11.1. The summed E-state index contributed by atoms with van der Waals surface area (Å²) in [6.45, 7) is 2.03. The molecular formula is C12H19N5O2S. The third kappa shape index (κ3) is 6.98. The standard InChI is InChI=1S/C12H19N5O2S/c1-17(10-8-14-16-13)9-7-11-3-5-12(6-4-11)15-20(2,18)19/h3-6,15H,7-10H2,1-2H3. The Kier molecular flexibility index (Phi) is 6.30. The molecule has 1 aromatic carbocycles. The monoisotopic (exact) mass is 297 g/mol. The summed E-state index contributed by atoms with van der Waals surface area (Å²) in [5.41, 5.74) is 9.87. The van der Waals surface area contributed by atoms with Crippen molar-refractivity contribution in [3.63, 3.8) is 0 Å². The highest BCUT2D eigenvalue weighted by Gasteiger charge is 2.02. The van der Waals surface area contributed by atoms with Gasteiger partial charge in [0, 0.05) is 30.2 Å². The van der Waals surface area contributed by atoms with Crippen LogP contribution in [0.3, 0.4) is 0 Å². The van der Waals surface area contributed by atoms with E-state index in [1.807, 2.05) is 19.2 Å². The molecule has 0 heterocycles. The highest BCUT2D eigenvalue weighted by Crippen LogP contribution is 2.11. The van der Waals surface area contributed by atoms with Gasteiger partial charge in [-0.05, 0) is 36.7 Å². The predicted octanol–water partition coefficient (Wildman–Crippen LogP) is 1.84. The van der Waals surface area contributed by atoms with E-state index in [0.29, 0.717) is 12.2 Å². The van der Waals surface area contributed by atoms with Crippen LogP contribution >= 0.6 is 0 Å². The summed E-state index contributed by atoms with van der Waals surface area (Å²) >= 11 is 0. The Bertz CT molecular complexity index is 564. The largest absolute Gasteiger partial charge is 0.306 e. The fourth-order valence-electron chi connectivity index (χ4n) is 1.65. The predicted molar refractivity (Wildman–Crippen MR) is 80.1 cm³/mol. The molecule has 1 N–H and O–H groups in total. The summed E-state index contributed by atoms with van der Waals surface area (Å²) in [6, 6.07) is 7.29. The molecule has 0 saturated carbocycles. The van der Waals surface area contributed by atoms with Crippen LogP contribution in [-0.4, -0.2) is 46.3 Å². The van der Waals surface area contributed by atoms with Crippen molar-refractivity contribution in [3.05, 3.63) is 40.3 Å². The molecule has 1 aromatic rings. The smallest absolute Gasteiger partial charge is 0.229 e. The van der Waals surface area contributed by atoms with Gasteiger partial charge in [0.2, 0.25) is 10.0 Å². The van der Waals surface area contributed by atoms with Crippen LogP contribution in [0, 0.1) is 0 Å². The van der Waals surface area contributed by atoms with Crippen molar-refractivity contribution in [1.29, 1.82) is 0 Å². The molecule has 0 amide bonds. The second-order valence-corrected chi connectivity index (χ2v) is 6.33. The molecule has 0 aliphatic heterocycles. The number of nitrogens with one attached hydrogen (secondary N) is 1. The van der Waals surface area contributed by atoms with E-state index in [0.717, 1.165) is 31.3 Å². The van der Waals surface area contributed by atoms with Gasteiger partial charge in [0.1, 0.15) is 0 Å². The number of nitrogens with zero attached hydrogens (tertiary/aromatic N) is 4. The summed E-state index contributed by atoms with van der Waals surface area (Å²) in [5.74, 6) is 0. The lowest BCUT2D eigenvalue weighted by atomic mass is 10.1. The van der Waals surface area contributed by atoms with Crippen LogP contribution in [0.2, 0.25) is 0 Å². The van der Waals surface area contributed by atoms with Crippen LogP contribution in [0.4, 0.5) is 5.69 Å². The minimum absolute atomic E-state index is 0.463. The average molecular weight is 297 g/mol. The number of benzene rings is 1. The van der Waals surface area contributed by atoms with E-state index in [2.05, 4.69) is 19.6 Å². The van der Waals surface area contributed by atoms with Crippen molar-refractivity contribution >= 4 is 15.7 Å². The zero-order valence-electron chi connectivity index (χ0n) is 11.7. The Balaban J connectivity index is 2.43. The van der Waals surface area contributed by atoms with Gasteiger partial charge in [-0.1, -0.05) is 17.2 Å². The molecule has 0 radical (unpaired) electrons. The molecule has 1 rings (SSSR count). The number of hydrogen-bond acceptors (Lipinski definition) is 4. The SMILES string of the molecule is CN(CCN=[N+]=[N-])CCc1ccc(NS(C)(=O)=O)cc1. The first-order valence-corrected chi connectivity index (χ1v) is 8.06.